The van der Waals surface area contributed by atoms with Gasteiger partial charge in [0.25, 0.3) is 0 Å². The summed E-state index contributed by atoms with van der Waals surface area (Å²) in [5.74, 6) is 0.0524. The fourth-order valence-corrected chi connectivity index (χ4v) is 3.01. The number of rotatable bonds is 8. The van der Waals surface area contributed by atoms with E-state index in [9.17, 15) is 9.59 Å². The zero-order valence-corrected chi connectivity index (χ0v) is 15.7. The maximum Gasteiger partial charge on any atom is 0.431 e. The van der Waals surface area contributed by atoms with Crippen LogP contribution in [-0.4, -0.2) is 24.1 Å². The lowest BCUT2D eigenvalue weighted by molar-refractivity contribution is -0.128. The second-order valence-corrected chi connectivity index (χ2v) is 7.17. The van der Waals surface area contributed by atoms with E-state index in [4.69, 9.17) is 9.57 Å². The molecule has 0 radical (unpaired) electrons. The molecule has 2 rings (SSSR count). The minimum Gasteiger partial charge on any atom is -0.443 e. The zero-order chi connectivity index (χ0) is 18.8. The highest BCUT2D eigenvalue weighted by molar-refractivity contribution is 5.76. The molecule has 6 nitrogen and oxygen atoms in total. The minimum absolute atomic E-state index is 0.0324. The van der Waals surface area contributed by atoms with Crippen molar-refractivity contribution in [2.45, 2.75) is 71.1 Å². The van der Waals surface area contributed by atoms with Crippen molar-refractivity contribution in [2.75, 3.05) is 0 Å². The smallest absolute Gasteiger partial charge is 0.431 e. The van der Waals surface area contributed by atoms with Gasteiger partial charge in [0.1, 0.15) is 6.61 Å². The molecule has 0 aromatic heterocycles. The predicted molar refractivity (Wildman–Crippen MR) is 99.1 cm³/mol. The topological polar surface area (TPSA) is 76.7 Å². The van der Waals surface area contributed by atoms with Crippen LogP contribution in [0.25, 0.3) is 0 Å². The van der Waals surface area contributed by atoms with Crippen molar-refractivity contribution in [1.82, 2.24) is 10.8 Å². The summed E-state index contributed by atoms with van der Waals surface area (Å²) in [4.78, 5) is 29.5. The van der Waals surface area contributed by atoms with E-state index >= 15 is 0 Å². The van der Waals surface area contributed by atoms with Crippen LogP contribution in [0.5, 0.6) is 0 Å². The van der Waals surface area contributed by atoms with E-state index in [1.807, 2.05) is 44.2 Å². The average molecular weight is 362 g/mol. The van der Waals surface area contributed by atoms with Gasteiger partial charge in [-0.2, -0.15) is 5.48 Å². The highest BCUT2D eigenvalue weighted by Crippen LogP contribution is 2.18. The predicted octanol–water partition coefficient (Wildman–Crippen LogP) is 3.71. The van der Waals surface area contributed by atoms with Crippen molar-refractivity contribution in [1.29, 1.82) is 0 Å². The zero-order valence-electron chi connectivity index (χ0n) is 15.7. The van der Waals surface area contributed by atoms with E-state index in [2.05, 4.69) is 10.8 Å². The van der Waals surface area contributed by atoms with E-state index in [1.165, 1.54) is 19.3 Å². The molecule has 144 valence electrons. The third-order valence-corrected chi connectivity index (χ3v) is 4.61. The van der Waals surface area contributed by atoms with Crippen molar-refractivity contribution < 1.29 is 19.2 Å². The molecule has 2 amide bonds. The second kappa shape index (κ2) is 10.8. The number of amides is 2. The highest BCUT2D eigenvalue weighted by atomic mass is 16.7. The molecule has 1 saturated carbocycles. The van der Waals surface area contributed by atoms with Gasteiger partial charge in [0.05, 0.1) is 12.5 Å². The first-order valence-corrected chi connectivity index (χ1v) is 9.46. The van der Waals surface area contributed by atoms with E-state index in [0.29, 0.717) is 0 Å². The first-order chi connectivity index (χ1) is 12.5. The van der Waals surface area contributed by atoms with Crippen LogP contribution in [0.1, 0.15) is 57.9 Å². The van der Waals surface area contributed by atoms with Gasteiger partial charge in [-0.25, -0.2) is 4.79 Å². The van der Waals surface area contributed by atoms with Crippen molar-refractivity contribution in [3.8, 4) is 0 Å². The summed E-state index contributed by atoms with van der Waals surface area (Å²) in [6.45, 7) is 4.08. The van der Waals surface area contributed by atoms with Gasteiger partial charge in [-0.15, -0.1) is 0 Å². The summed E-state index contributed by atoms with van der Waals surface area (Å²) in [5.41, 5.74) is 3.20. The fraction of sp³-hybridized carbons (Fsp3) is 0.600. The fourth-order valence-electron chi connectivity index (χ4n) is 3.01. The Morgan fingerprint density at radius 3 is 2.46 bits per heavy atom. The molecular formula is C20H30N2O4. The average Bonchev–Trinajstić information content (AvgIpc) is 2.64. The number of benzene rings is 1. The van der Waals surface area contributed by atoms with E-state index in [-0.39, 0.29) is 30.9 Å². The summed E-state index contributed by atoms with van der Waals surface area (Å²) in [7, 11) is 0. The number of ether oxygens (including phenoxy) is 1. The third kappa shape index (κ3) is 7.44. The Bertz CT molecular complexity index is 556. The third-order valence-electron chi connectivity index (χ3n) is 4.61. The number of carbonyl (C=O) groups is 2. The van der Waals surface area contributed by atoms with Crippen molar-refractivity contribution in [3.63, 3.8) is 0 Å². The van der Waals surface area contributed by atoms with Gasteiger partial charge in [0.15, 0.2) is 0 Å². The van der Waals surface area contributed by atoms with Crippen LogP contribution >= 0.6 is 0 Å². The maximum absolute atomic E-state index is 12.2. The Morgan fingerprint density at radius 2 is 1.81 bits per heavy atom. The van der Waals surface area contributed by atoms with Crippen LogP contribution in [0.2, 0.25) is 0 Å². The van der Waals surface area contributed by atoms with Gasteiger partial charge in [-0.05, 0) is 24.3 Å². The molecule has 2 N–H and O–H groups in total. The van der Waals surface area contributed by atoms with Gasteiger partial charge in [0.2, 0.25) is 5.91 Å². The molecule has 6 heteroatoms. The number of hydrogen-bond acceptors (Lipinski definition) is 4. The van der Waals surface area contributed by atoms with Gasteiger partial charge in [-0.3, -0.25) is 9.63 Å². The van der Waals surface area contributed by atoms with Gasteiger partial charge in [0, 0.05) is 6.04 Å². The molecule has 0 aliphatic heterocycles. The molecule has 1 aliphatic carbocycles. The van der Waals surface area contributed by atoms with Crippen LogP contribution in [0.15, 0.2) is 30.3 Å². The molecule has 0 heterocycles. The van der Waals surface area contributed by atoms with E-state index in [0.717, 1.165) is 18.4 Å². The second-order valence-electron chi connectivity index (χ2n) is 7.17. The largest absolute Gasteiger partial charge is 0.443 e. The van der Waals surface area contributed by atoms with E-state index in [1.54, 1.807) is 0 Å². The van der Waals surface area contributed by atoms with E-state index < -0.39 is 12.2 Å². The summed E-state index contributed by atoms with van der Waals surface area (Å²) >= 11 is 0. The molecule has 0 bridgehead atoms. The lowest BCUT2D eigenvalue weighted by Crippen LogP contribution is -2.41. The summed E-state index contributed by atoms with van der Waals surface area (Å²) in [6.07, 6.45) is 4.83. The summed E-state index contributed by atoms with van der Waals surface area (Å²) < 4.78 is 5.11. The lowest BCUT2D eigenvalue weighted by Gasteiger charge is -2.25. The molecule has 0 spiro atoms. The SMILES string of the molecule is CC(C)[C@H](CC(=O)NC1CCCCC1)ONC(=O)OCc1ccccc1. The van der Waals surface area contributed by atoms with Crippen molar-refractivity contribution >= 4 is 12.0 Å². The first-order valence-electron chi connectivity index (χ1n) is 9.46. The number of hydrogen-bond donors (Lipinski definition) is 2. The van der Waals surface area contributed by atoms with Crippen LogP contribution in [0.3, 0.4) is 0 Å². The molecule has 0 unspecified atom stereocenters. The molecule has 1 fully saturated rings. The summed E-state index contributed by atoms with van der Waals surface area (Å²) in [6, 6.07) is 9.69. The summed E-state index contributed by atoms with van der Waals surface area (Å²) in [5, 5.41) is 3.08. The van der Waals surface area contributed by atoms with Crippen molar-refractivity contribution in [2.24, 2.45) is 5.92 Å². The van der Waals surface area contributed by atoms with Gasteiger partial charge in [-0.1, -0.05) is 63.4 Å². The Hall–Kier alpha value is -2.08. The Kier molecular flexibility index (Phi) is 8.41. The molecule has 1 aliphatic rings. The molecular weight excluding hydrogens is 332 g/mol. The van der Waals surface area contributed by atoms with Gasteiger partial charge < -0.3 is 10.1 Å². The minimum atomic E-state index is -0.660. The number of hydroxylamine groups is 1. The van der Waals surface area contributed by atoms with Crippen LogP contribution in [0, 0.1) is 5.92 Å². The lowest BCUT2D eigenvalue weighted by atomic mass is 9.95. The molecule has 0 saturated heterocycles. The first kappa shape index (κ1) is 20.2. The van der Waals surface area contributed by atoms with Crippen molar-refractivity contribution in [3.05, 3.63) is 35.9 Å². The highest BCUT2D eigenvalue weighted by Gasteiger charge is 2.22. The number of carbonyl (C=O) groups excluding carboxylic acids is 2. The molecule has 1 atom stereocenters. The monoisotopic (exact) mass is 362 g/mol. The standard InChI is InChI=1S/C20H30N2O4/c1-15(2)18(13-19(23)21-17-11-7-4-8-12-17)26-22-20(24)25-14-16-9-5-3-6-10-16/h3,5-6,9-10,15,17-18H,4,7-8,11-14H2,1-2H3,(H,21,23)(H,22,24)/t18-/m0/s1. The Labute approximate surface area is 155 Å². The molecule has 1 aromatic carbocycles. The quantitative estimate of drug-likeness (QED) is 0.691. The Morgan fingerprint density at radius 1 is 1.12 bits per heavy atom. The van der Waals surface area contributed by atoms with Crippen LogP contribution in [0.4, 0.5) is 4.79 Å². The molecule has 26 heavy (non-hydrogen) atoms. The maximum atomic E-state index is 12.2. The van der Waals surface area contributed by atoms with Gasteiger partial charge >= 0.3 is 6.09 Å². The normalized spacial score (nSPS) is 16.1. The van der Waals surface area contributed by atoms with Crippen LogP contribution in [-0.2, 0) is 21.0 Å². The molecule has 1 aromatic rings. The van der Waals surface area contributed by atoms with Crippen LogP contribution < -0.4 is 10.8 Å². The number of nitrogens with one attached hydrogen (secondary N) is 2. The Balaban J connectivity index is 1.70.